The molecular formula is C18H40O2Si2. The summed E-state index contributed by atoms with van der Waals surface area (Å²) < 4.78 is 13.7. The van der Waals surface area contributed by atoms with Crippen LogP contribution in [-0.2, 0) is 8.85 Å². The zero-order valence-electron chi connectivity index (χ0n) is 16.0. The van der Waals surface area contributed by atoms with Crippen LogP contribution in [0.15, 0.2) is 0 Å². The van der Waals surface area contributed by atoms with E-state index in [2.05, 4.69) is 41.5 Å². The van der Waals surface area contributed by atoms with Crippen molar-refractivity contribution < 1.29 is 8.85 Å². The zero-order valence-corrected chi connectivity index (χ0v) is 18.0. The first kappa shape index (κ1) is 20.4. The van der Waals surface area contributed by atoms with Crippen LogP contribution >= 0.6 is 0 Å². The molecule has 0 aromatic rings. The van der Waals surface area contributed by atoms with E-state index < -0.39 is 16.6 Å². The van der Waals surface area contributed by atoms with Crippen molar-refractivity contribution in [3.05, 3.63) is 0 Å². The number of hydrogen-bond acceptors (Lipinski definition) is 2. The lowest BCUT2D eigenvalue weighted by Gasteiger charge is -2.43. The van der Waals surface area contributed by atoms with Gasteiger partial charge in [-0.15, -0.1) is 0 Å². The highest BCUT2D eigenvalue weighted by atomic mass is 28.4. The Bertz CT molecular complexity index is 255. The molecule has 0 amide bonds. The molecule has 0 spiro atoms. The van der Waals surface area contributed by atoms with Gasteiger partial charge in [-0.25, -0.2) is 0 Å². The molecule has 0 radical (unpaired) electrons. The highest BCUT2D eigenvalue weighted by Crippen LogP contribution is 2.34. The predicted octanol–water partition coefficient (Wildman–Crippen LogP) is 6.34. The fraction of sp³-hybridized carbons (Fsp3) is 1.00. The minimum Gasteiger partial charge on any atom is -0.411 e. The summed E-state index contributed by atoms with van der Waals surface area (Å²) in [6.45, 7) is 14.0. The summed E-state index contributed by atoms with van der Waals surface area (Å²) in [5.74, 6) is 0. The van der Waals surface area contributed by atoms with Crippen LogP contribution in [0.3, 0.4) is 0 Å². The second-order valence-electron chi connectivity index (χ2n) is 7.08. The van der Waals surface area contributed by atoms with Crippen LogP contribution in [0.1, 0.15) is 67.2 Å². The molecule has 0 unspecified atom stereocenters. The summed E-state index contributed by atoms with van der Waals surface area (Å²) >= 11 is 0. The molecule has 4 heteroatoms. The van der Waals surface area contributed by atoms with Gasteiger partial charge in [0.1, 0.15) is 0 Å². The minimum atomic E-state index is -1.52. The molecule has 0 aromatic carbocycles. The third-order valence-electron chi connectivity index (χ3n) is 6.31. The molecule has 22 heavy (non-hydrogen) atoms. The van der Waals surface area contributed by atoms with Crippen LogP contribution < -0.4 is 0 Å². The second kappa shape index (κ2) is 9.60. The fourth-order valence-corrected chi connectivity index (χ4v) is 9.80. The number of rotatable bonds is 10. The highest BCUT2D eigenvalue weighted by Gasteiger charge is 2.40. The van der Waals surface area contributed by atoms with E-state index >= 15 is 0 Å². The molecule has 1 rings (SSSR count). The summed E-state index contributed by atoms with van der Waals surface area (Å²) in [5.41, 5.74) is 0. The Morgan fingerprint density at radius 2 is 0.864 bits per heavy atom. The molecule has 0 bridgehead atoms. The van der Waals surface area contributed by atoms with Crippen LogP contribution in [-0.4, -0.2) is 28.8 Å². The van der Waals surface area contributed by atoms with Crippen LogP contribution in [0.25, 0.3) is 0 Å². The van der Waals surface area contributed by atoms with Crippen molar-refractivity contribution in [3.8, 4) is 0 Å². The van der Waals surface area contributed by atoms with Crippen molar-refractivity contribution in [1.29, 1.82) is 0 Å². The van der Waals surface area contributed by atoms with Crippen LogP contribution in [0, 0.1) is 0 Å². The van der Waals surface area contributed by atoms with E-state index in [4.69, 9.17) is 8.85 Å². The standard InChI is InChI=1S/C18H40O2Si2/c1-7-21(8-2,9-3)19-17-15-13-14-16-18(17)20-22(10-4,11-5)12-6/h17-18H,7-16H2,1-6H3/t17-,18-/m0/s1. The molecule has 1 aliphatic rings. The normalized spacial score (nSPS) is 23.7. The van der Waals surface area contributed by atoms with E-state index in [0.717, 1.165) is 0 Å². The van der Waals surface area contributed by atoms with Crippen molar-refractivity contribution in [2.45, 2.75) is 116 Å². The van der Waals surface area contributed by atoms with E-state index in [0.29, 0.717) is 12.2 Å². The van der Waals surface area contributed by atoms with Crippen molar-refractivity contribution in [1.82, 2.24) is 0 Å². The Balaban J connectivity index is 2.83. The molecule has 1 saturated carbocycles. The smallest absolute Gasteiger partial charge is 0.192 e. The SMILES string of the molecule is CC[Si](CC)(CC)O[C@H]1CCCC[C@@H]1O[Si](CC)(CC)CC. The lowest BCUT2D eigenvalue weighted by molar-refractivity contribution is 0.00927. The average Bonchev–Trinajstić information content (AvgIpc) is 2.59. The van der Waals surface area contributed by atoms with Gasteiger partial charge in [0.2, 0.25) is 0 Å². The Labute approximate surface area is 141 Å². The lowest BCUT2D eigenvalue weighted by Crippen LogP contribution is -2.50. The molecule has 132 valence electrons. The molecule has 0 aromatic heterocycles. The van der Waals surface area contributed by atoms with Crippen molar-refractivity contribution in [3.63, 3.8) is 0 Å². The van der Waals surface area contributed by atoms with Crippen molar-refractivity contribution in [2.24, 2.45) is 0 Å². The molecule has 1 aliphatic carbocycles. The molecular weight excluding hydrogens is 304 g/mol. The maximum atomic E-state index is 6.85. The van der Waals surface area contributed by atoms with Crippen molar-refractivity contribution in [2.75, 3.05) is 0 Å². The van der Waals surface area contributed by atoms with Gasteiger partial charge >= 0.3 is 0 Å². The molecule has 0 aliphatic heterocycles. The predicted molar refractivity (Wildman–Crippen MR) is 103 cm³/mol. The largest absolute Gasteiger partial charge is 0.411 e. The van der Waals surface area contributed by atoms with Crippen LogP contribution in [0.5, 0.6) is 0 Å². The van der Waals surface area contributed by atoms with E-state index in [9.17, 15) is 0 Å². The first-order chi connectivity index (χ1) is 10.5. The maximum Gasteiger partial charge on any atom is 0.192 e. The van der Waals surface area contributed by atoms with E-state index in [1.54, 1.807) is 0 Å². The van der Waals surface area contributed by atoms with E-state index in [1.165, 1.54) is 61.9 Å². The lowest BCUT2D eigenvalue weighted by atomic mass is 9.95. The van der Waals surface area contributed by atoms with E-state index in [1.807, 2.05) is 0 Å². The first-order valence-electron chi connectivity index (χ1n) is 9.89. The molecule has 0 heterocycles. The van der Waals surface area contributed by atoms with Gasteiger partial charge < -0.3 is 8.85 Å². The summed E-state index contributed by atoms with van der Waals surface area (Å²) in [7, 11) is -3.03. The third-order valence-corrected chi connectivity index (χ3v) is 15.6. The first-order valence-corrected chi connectivity index (χ1v) is 15.0. The summed E-state index contributed by atoms with van der Waals surface area (Å²) in [6, 6.07) is 7.51. The third kappa shape index (κ3) is 4.92. The quantitative estimate of drug-likeness (QED) is 0.430. The van der Waals surface area contributed by atoms with Gasteiger partial charge in [0.05, 0.1) is 12.2 Å². The Morgan fingerprint density at radius 3 is 1.09 bits per heavy atom. The summed E-state index contributed by atoms with van der Waals surface area (Å²) in [4.78, 5) is 0. The molecule has 2 nitrogen and oxygen atoms in total. The average molecular weight is 345 g/mol. The monoisotopic (exact) mass is 344 g/mol. The summed E-state index contributed by atoms with van der Waals surface area (Å²) in [5, 5.41) is 0. The van der Waals surface area contributed by atoms with Crippen LogP contribution in [0.4, 0.5) is 0 Å². The summed E-state index contributed by atoms with van der Waals surface area (Å²) in [6.07, 6.45) is 5.87. The van der Waals surface area contributed by atoms with E-state index in [-0.39, 0.29) is 0 Å². The van der Waals surface area contributed by atoms with Gasteiger partial charge in [-0.3, -0.25) is 0 Å². The fourth-order valence-electron chi connectivity index (χ4n) is 3.97. The Kier molecular flexibility index (Phi) is 8.90. The van der Waals surface area contributed by atoms with Gasteiger partial charge in [0.25, 0.3) is 0 Å². The molecule has 0 saturated heterocycles. The van der Waals surface area contributed by atoms with Crippen molar-refractivity contribution >= 4 is 16.6 Å². The minimum absolute atomic E-state index is 0.386. The van der Waals surface area contributed by atoms with Gasteiger partial charge in [0, 0.05) is 0 Å². The Morgan fingerprint density at radius 1 is 0.591 bits per heavy atom. The number of hydrogen-bond donors (Lipinski definition) is 0. The van der Waals surface area contributed by atoms with Gasteiger partial charge in [0.15, 0.2) is 16.6 Å². The second-order valence-corrected chi connectivity index (χ2v) is 16.5. The van der Waals surface area contributed by atoms with Crippen LogP contribution in [0.2, 0.25) is 36.3 Å². The molecule has 1 fully saturated rings. The zero-order chi connectivity index (χ0) is 16.6. The Hall–Kier alpha value is 0.354. The van der Waals surface area contributed by atoms with Gasteiger partial charge in [-0.05, 0) is 49.1 Å². The maximum absolute atomic E-state index is 6.85. The van der Waals surface area contributed by atoms with Gasteiger partial charge in [-0.2, -0.15) is 0 Å². The highest BCUT2D eigenvalue weighted by molar-refractivity contribution is 6.74. The topological polar surface area (TPSA) is 18.5 Å². The molecule has 0 N–H and O–H groups in total. The van der Waals surface area contributed by atoms with Gasteiger partial charge in [-0.1, -0.05) is 54.4 Å². The molecule has 2 atom stereocenters.